The lowest BCUT2D eigenvalue weighted by atomic mass is 9.80. The summed E-state index contributed by atoms with van der Waals surface area (Å²) in [6.45, 7) is 10.5. The maximum Gasteiger partial charge on any atom is 0.406 e. The van der Waals surface area contributed by atoms with Crippen molar-refractivity contribution in [2.75, 3.05) is 39.9 Å². The summed E-state index contributed by atoms with van der Waals surface area (Å²) in [5.74, 6) is -0.122. The van der Waals surface area contributed by atoms with E-state index < -0.39 is 24.2 Å². The van der Waals surface area contributed by atoms with E-state index >= 15 is 0 Å². The number of piperazine rings is 1. The zero-order chi connectivity index (χ0) is 29.7. The number of hydrogen-bond donors (Lipinski definition) is 1. The topological polar surface area (TPSA) is 53.2 Å². The van der Waals surface area contributed by atoms with Gasteiger partial charge in [-0.2, -0.15) is 13.2 Å². The standard InChI is InChI=1S/C31H42BrF3N4O2/c1-19-26(38-12-10-37(11-13-38)22-7-8-22)16-36-28(20(2)41-5)27(19)29-24(15-30(3,4)18-40)23-14-21(32)6-9-25(23)39(29)17-31(33,34)35/h6,9,14,16,19-20,22,26,40H,7-8,10-13,15,17-18H2,1-5H3/t19?,20-,26?/m0/s1. The summed E-state index contributed by atoms with van der Waals surface area (Å²) in [6, 6.07) is 6.13. The first kappa shape index (κ1) is 30.7. The minimum absolute atomic E-state index is 0.0399. The molecule has 0 radical (unpaired) electrons. The number of fused-ring (bicyclic) bond motifs is 1. The van der Waals surface area contributed by atoms with E-state index in [1.54, 1.807) is 19.2 Å². The van der Waals surface area contributed by atoms with Crippen molar-refractivity contribution >= 4 is 38.6 Å². The van der Waals surface area contributed by atoms with Gasteiger partial charge in [-0.3, -0.25) is 14.8 Å². The van der Waals surface area contributed by atoms with Crippen molar-refractivity contribution in [3.63, 3.8) is 0 Å². The molecule has 1 aliphatic carbocycles. The SMILES string of the molecule is CO[C@@H](C)C1=C(c2c(CC(C)(C)CO)c3cc(Br)ccc3n2CC(F)(F)F)C(C)C(N2CCN(C3CC3)CC2)C=N1. The van der Waals surface area contributed by atoms with E-state index in [0.717, 1.165) is 47.2 Å². The molecule has 10 heteroatoms. The van der Waals surface area contributed by atoms with E-state index in [0.29, 0.717) is 29.4 Å². The maximum absolute atomic E-state index is 14.2. The molecule has 2 unspecified atom stereocenters. The number of hydrogen-bond acceptors (Lipinski definition) is 5. The lowest BCUT2D eigenvalue weighted by molar-refractivity contribution is -0.140. The number of methoxy groups -OCH3 is 1. The summed E-state index contributed by atoms with van der Waals surface area (Å²) in [4.78, 5) is 9.93. The second-order valence-electron chi connectivity index (χ2n) is 12.7. The van der Waals surface area contributed by atoms with Crippen LogP contribution in [-0.2, 0) is 17.7 Å². The average Bonchev–Trinajstić information content (AvgIpc) is 3.74. The lowest BCUT2D eigenvalue weighted by Crippen LogP contribution is -2.54. The summed E-state index contributed by atoms with van der Waals surface area (Å²) in [5.41, 5.74) is 2.82. The molecule has 2 aromatic rings. The highest BCUT2D eigenvalue weighted by Gasteiger charge is 2.41. The second kappa shape index (κ2) is 11.8. The van der Waals surface area contributed by atoms with Crippen LogP contribution in [0.15, 0.2) is 33.4 Å². The molecular weight excluding hydrogens is 597 g/mol. The Hall–Kier alpha value is -1.72. The third-order valence-electron chi connectivity index (χ3n) is 8.99. The van der Waals surface area contributed by atoms with Crippen LogP contribution in [0, 0.1) is 11.3 Å². The van der Waals surface area contributed by atoms with E-state index in [1.165, 1.54) is 17.4 Å². The molecule has 41 heavy (non-hydrogen) atoms. The first-order valence-electron chi connectivity index (χ1n) is 14.6. The summed E-state index contributed by atoms with van der Waals surface area (Å²) in [5, 5.41) is 11.0. The first-order chi connectivity index (χ1) is 19.3. The Morgan fingerprint density at radius 2 is 1.78 bits per heavy atom. The van der Waals surface area contributed by atoms with Gasteiger partial charge in [-0.15, -0.1) is 0 Å². The van der Waals surface area contributed by atoms with Crippen LogP contribution in [0.1, 0.15) is 51.8 Å². The zero-order valence-corrected chi connectivity index (χ0v) is 26.2. The fourth-order valence-corrected chi connectivity index (χ4v) is 6.90. The Morgan fingerprint density at radius 3 is 2.37 bits per heavy atom. The summed E-state index contributed by atoms with van der Waals surface area (Å²) >= 11 is 3.55. The van der Waals surface area contributed by atoms with Crippen molar-refractivity contribution in [3.8, 4) is 0 Å². The predicted molar refractivity (Wildman–Crippen MR) is 161 cm³/mol. The van der Waals surface area contributed by atoms with Crippen LogP contribution in [0.25, 0.3) is 16.5 Å². The van der Waals surface area contributed by atoms with Gasteiger partial charge in [0.15, 0.2) is 0 Å². The maximum atomic E-state index is 14.2. The van der Waals surface area contributed by atoms with Crippen LogP contribution < -0.4 is 0 Å². The molecule has 2 aliphatic heterocycles. The van der Waals surface area contributed by atoms with Crippen LogP contribution in [-0.4, -0.2) is 89.9 Å². The number of benzene rings is 1. The highest BCUT2D eigenvalue weighted by Crippen LogP contribution is 2.44. The Labute approximate surface area is 249 Å². The number of rotatable bonds is 9. The van der Waals surface area contributed by atoms with Gasteiger partial charge < -0.3 is 14.4 Å². The van der Waals surface area contributed by atoms with Crippen LogP contribution in [0.4, 0.5) is 13.2 Å². The Kier molecular flexibility index (Phi) is 8.81. The minimum atomic E-state index is -4.43. The molecule has 1 aromatic carbocycles. The van der Waals surface area contributed by atoms with E-state index in [4.69, 9.17) is 9.73 Å². The van der Waals surface area contributed by atoms with Gasteiger partial charge in [-0.1, -0.05) is 36.7 Å². The quantitative estimate of drug-likeness (QED) is 0.358. The number of ether oxygens (including phenoxy) is 1. The average molecular weight is 640 g/mol. The number of halogens is 4. The Bertz CT molecular complexity index is 1320. The van der Waals surface area contributed by atoms with Gasteiger partial charge in [-0.25, -0.2) is 0 Å². The van der Waals surface area contributed by atoms with Crippen LogP contribution >= 0.6 is 15.9 Å². The largest absolute Gasteiger partial charge is 0.406 e. The van der Waals surface area contributed by atoms with Crippen LogP contribution in [0.5, 0.6) is 0 Å². The molecular formula is C31H42BrF3N4O2. The monoisotopic (exact) mass is 638 g/mol. The highest BCUT2D eigenvalue weighted by atomic mass is 79.9. The Balaban J connectivity index is 1.69. The zero-order valence-electron chi connectivity index (χ0n) is 24.6. The van der Waals surface area contributed by atoms with Crippen molar-refractivity contribution in [3.05, 3.63) is 39.6 Å². The predicted octanol–water partition coefficient (Wildman–Crippen LogP) is 6.14. The molecule has 3 heterocycles. The molecule has 5 rings (SSSR count). The fourth-order valence-electron chi connectivity index (χ4n) is 6.54. The van der Waals surface area contributed by atoms with Gasteiger partial charge in [-0.05, 0) is 55.4 Å². The highest BCUT2D eigenvalue weighted by molar-refractivity contribution is 9.10. The van der Waals surface area contributed by atoms with Crippen molar-refractivity contribution in [2.45, 2.75) is 77.9 Å². The van der Waals surface area contributed by atoms with Crippen molar-refractivity contribution in [1.82, 2.24) is 14.4 Å². The molecule has 3 atom stereocenters. The summed E-state index contributed by atoms with van der Waals surface area (Å²) < 4.78 is 50.7. The van der Waals surface area contributed by atoms with Gasteiger partial charge in [0.05, 0.1) is 23.5 Å². The molecule has 226 valence electrons. The second-order valence-corrected chi connectivity index (χ2v) is 13.6. The van der Waals surface area contributed by atoms with Crippen LogP contribution in [0.3, 0.4) is 0 Å². The third kappa shape index (κ3) is 6.47. The third-order valence-corrected chi connectivity index (χ3v) is 9.48. The van der Waals surface area contributed by atoms with E-state index in [1.807, 2.05) is 33.1 Å². The minimum Gasteiger partial charge on any atom is -0.396 e. The molecule has 0 bridgehead atoms. The molecule has 2 fully saturated rings. The van der Waals surface area contributed by atoms with Gasteiger partial charge in [0, 0.05) is 79.0 Å². The Morgan fingerprint density at radius 1 is 1.12 bits per heavy atom. The summed E-state index contributed by atoms with van der Waals surface area (Å²) in [6.07, 6.45) is 0.120. The van der Waals surface area contributed by atoms with Crippen molar-refractivity contribution in [1.29, 1.82) is 0 Å². The smallest absolute Gasteiger partial charge is 0.396 e. The number of aliphatic imine (C=N–C) groups is 1. The van der Waals surface area contributed by atoms with Gasteiger partial charge >= 0.3 is 6.18 Å². The van der Waals surface area contributed by atoms with Crippen molar-refractivity contribution in [2.24, 2.45) is 16.3 Å². The number of aliphatic hydroxyl groups is 1. The fraction of sp³-hybridized carbons (Fsp3) is 0.645. The molecule has 0 amide bonds. The number of alkyl halides is 3. The molecule has 1 N–H and O–H groups in total. The van der Waals surface area contributed by atoms with E-state index in [-0.39, 0.29) is 18.6 Å². The van der Waals surface area contributed by atoms with E-state index in [9.17, 15) is 18.3 Å². The number of aromatic nitrogens is 1. The number of nitrogens with zero attached hydrogens (tertiary/aromatic N) is 4. The molecule has 1 saturated heterocycles. The lowest BCUT2D eigenvalue weighted by Gasteiger charge is -2.42. The number of aliphatic hydroxyl groups excluding tert-OH is 1. The van der Waals surface area contributed by atoms with Crippen molar-refractivity contribution < 1.29 is 23.0 Å². The molecule has 6 nitrogen and oxygen atoms in total. The molecule has 1 aromatic heterocycles. The van der Waals surface area contributed by atoms with Gasteiger partial charge in [0.25, 0.3) is 0 Å². The molecule has 1 saturated carbocycles. The normalized spacial score (nSPS) is 24.0. The molecule has 0 spiro atoms. The first-order valence-corrected chi connectivity index (χ1v) is 15.4. The molecule has 3 aliphatic rings. The van der Waals surface area contributed by atoms with E-state index in [2.05, 4.69) is 32.7 Å². The van der Waals surface area contributed by atoms with Gasteiger partial charge in [0.2, 0.25) is 0 Å². The van der Waals surface area contributed by atoms with Crippen LogP contribution in [0.2, 0.25) is 0 Å². The van der Waals surface area contributed by atoms with Gasteiger partial charge in [0.1, 0.15) is 6.54 Å². The summed E-state index contributed by atoms with van der Waals surface area (Å²) in [7, 11) is 1.61.